The van der Waals surface area contributed by atoms with Crippen molar-refractivity contribution < 1.29 is 0 Å². The van der Waals surface area contributed by atoms with E-state index in [2.05, 4.69) is 229 Å². The zero-order valence-corrected chi connectivity index (χ0v) is 41.0. The van der Waals surface area contributed by atoms with E-state index in [1.54, 1.807) is 0 Å². The maximum absolute atomic E-state index is 2.82. The Morgan fingerprint density at radius 1 is 0.522 bits per heavy atom. The fraction of sp³-hybridized carbons (Fsp3) is 0.238. The van der Waals surface area contributed by atoms with E-state index >= 15 is 0 Å². The Kier molecular flexibility index (Phi) is 7.71. The standard InChI is InChI=1S/C63H55BN2S/c1-60(2,3)38-27-29-51(44(32-38)36-18-11-10-12-19-36)65-57-47-34-49-50(62(6,7)31-30-61(49,4)5)35-52(47)67-59(57)64-54-46(33-45-40-22-15-16-25-48(40)63(8,9)53(45)58(54)65)42-24-17-23-41-43-28-26-37-20-13-14-21-39(37)55(43)66(64)56(41)42/h10-29,32-35H,30-31H2,1-9H3. The lowest BCUT2D eigenvalue weighted by molar-refractivity contribution is 0.332. The summed E-state index contributed by atoms with van der Waals surface area (Å²) in [6, 6.07) is 56.8. The van der Waals surface area contributed by atoms with Crippen molar-refractivity contribution in [3.8, 4) is 33.4 Å². The number of hydrogen-bond donors (Lipinski definition) is 0. The summed E-state index contributed by atoms with van der Waals surface area (Å²) >= 11 is 2.05. The Hall–Kier alpha value is -6.36. The summed E-state index contributed by atoms with van der Waals surface area (Å²) < 4.78 is 5.63. The number of fused-ring (bicyclic) bond motifs is 16. The second-order valence-corrected chi connectivity index (χ2v) is 24.2. The highest BCUT2D eigenvalue weighted by Crippen LogP contribution is 2.60. The average Bonchev–Trinajstić information content (AvgIpc) is 3.94. The van der Waals surface area contributed by atoms with Crippen LogP contribution in [0, 0.1) is 0 Å². The van der Waals surface area contributed by atoms with E-state index in [1.807, 2.05) is 0 Å². The number of thiophene rings is 1. The molecule has 0 spiro atoms. The number of hydrogen-bond acceptors (Lipinski definition) is 2. The van der Waals surface area contributed by atoms with Crippen LogP contribution in [-0.2, 0) is 21.7 Å². The molecule has 0 saturated heterocycles. The molecule has 4 heteroatoms. The predicted molar refractivity (Wildman–Crippen MR) is 290 cm³/mol. The van der Waals surface area contributed by atoms with Gasteiger partial charge in [-0.3, -0.25) is 0 Å². The van der Waals surface area contributed by atoms with Crippen LogP contribution in [0.2, 0.25) is 0 Å². The lowest BCUT2D eigenvalue weighted by Gasteiger charge is -2.43. The first-order chi connectivity index (χ1) is 32.1. The number of nitrogens with zero attached hydrogens (tertiary/aromatic N) is 2. The third-order valence-corrected chi connectivity index (χ3v) is 18.1. The fourth-order valence-corrected chi connectivity index (χ4v) is 14.7. The molecular formula is C63H55BN2S. The molecule has 2 aromatic heterocycles. The van der Waals surface area contributed by atoms with Crippen LogP contribution in [0.4, 0.5) is 17.1 Å². The van der Waals surface area contributed by atoms with Crippen molar-refractivity contribution in [3.05, 3.63) is 173 Å². The number of para-hydroxylation sites is 1. The normalized spacial score (nSPS) is 16.9. The molecule has 0 bridgehead atoms. The fourth-order valence-electron chi connectivity index (χ4n) is 13.4. The molecule has 0 fully saturated rings. The van der Waals surface area contributed by atoms with Gasteiger partial charge in [0.2, 0.25) is 0 Å². The van der Waals surface area contributed by atoms with Gasteiger partial charge in [-0.1, -0.05) is 178 Å². The van der Waals surface area contributed by atoms with Crippen LogP contribution in [0.3, 0.4) is 0 Å². The monoisotopic (exact) mass is 882 g/mol. The average molecular weight is 883 g/mol. The molecule has 0 unspecified atom stereocenters. The van der Waals surface area contributed by atoms with Crippen molar-refractivity contribution in [1.29, 1.82) is 0 Å². The zero-order chi connectivity index (χ0) is 45.7. The summed E-state index contributed by atoms with van der Waals surface area (Å²) in [5.74, 6) is 0. The SMILES string of the molecule is CC(C)(C)c1ccc(N2c3c4c(cc5c3C(C)(C)c3ccccc3-5)-c3cccc5c6ccc7ccccc7c6n(c35)B4c3sc4cc5c(cc4c32)C(C)(C)CCC5(C)C)c(-c2ccccc2)c1. The van der Waals surface area contributed by atoms with Crippen molar-refractivity contribution in [3.63, 3.8) is 0 Å². The van der Waals surface area contributed by atoms with E-state index < -0.39 is 0 Å². The first-order valence-electron chi connectivity index (χ1n) is 24.5. The van der Waals surface area contributed by atoms with Crippen molar-refractivity contribution in [2.45, 2.75) is 96.8 Å². The van der Waals surface area contributed by atoms with Gasteiger partial charge in [0, 0.05) is 64.3 Å². The molecule has 10 aromatic rings. The first-order valence-corrected chi connectivity index (χ1v) is 25.3. The molecule has 2 nitrogen and oxygen atoms in total. The van der Waals surface area contributed by atoms with Crippen LogP contribution < -0.4 is 15.1 Å². The van der Waals surface area contributed by atoms with E-state index in [9.17, 15) is 0 Å². The molecular weight excluding hydrogens is 828 g/mol. The topological polar surface area (TPSA) is 8.17 Å². The summed E-state index contributed by atoms with van der Waals surface area (Å²) in [6.07, 6.45) is 2.36. The molecule has 0 N–H and O–H groups in total. The molecule has 4 aliphatic rings. The van der Waals surface area contributed by atoms with Crippen LogP contribution in [0.5, 0.6) is 0 Å². The molecule has 4 heterocycles. The minimum absolute atomic E-state index is 0.0309. The van der Waals surface area contributed by atoms with E-state index in [0.29, 0.717) is 0 Å². The smallest absolute Gasteiger partial charge is 0.343 e. The van der Waals surface area contributed by atoms with Gasteiger partial charge >= 0.3 is 6.85 Å². The lowest BCUT2D eigenvalue weighted by atomic mass is 9.47. The Labute approximate surface area is 399 Å². The Balaban J connectivity index is 1.23. The van der Waals surface area contributed by atoms with E-state index in [1.165, 1.54) is 144 Å². The van der Waals surface area contributed by atoms with Gasteiger partial charge in [0.25, 0.3) is 0 Å². The molecule has 67 heavy (non-hydrogen) atoms. The summed E-state index contributed by atoms with van der Waals surface area (Å²) in [7, 11) is 0. The maximum atomic E-state index is 2.82. The van der Waals surface area contributed by atoms with Gasteiger partial charge in [-0.2, -0.15) is 0 Å². The van der Waals surface area contributed by atoms with Crippen LogP contribution in [0.15, 0.2) is 146 Å². The summed E-state index contributed by atoms with van der Waals surface area (Å²) in [5.41, 5.74) is 23.0. The van der Waals surface area contributed by atoms with E-state index in [4.69, 9.17) is 0 Å². The molecule has 14 rings (SSSR count). The van der Waals surface area contributed by atoms with Crippen LogP contribution in [-0.4, -0.2) is 11.3 Å². The number of anilines is 3. The molecule has 0 radical (unpaired) electrons. The van der Waals surface area contributed by atoms with Crippen molar-refractivity contribution in [2.75, 3.05) is 4.90 Å². The van der Waals surface area contributed by atoms with Gasteiger partial charge in [0.1, 0.15) is 0 Å². The molecule has 0 amide bonds. The Morgan fingerprint density at radius 2 is 1.21 bits per heavy atom. The highest BCUT2D eigenvalue weighted by Gasteiger charge is 2.51. The lowest BCUT2D eigenvalue weighted by Crippen LogP contribution is -2.56. The molecule has 8 aromatic carbocycles. The largest absolute Gasteiger partial charge is 0.374 e. The minimum Gasteiger partial charge on any atom is -0.374 e. The molecule has 2 aliphatic heterocycles. The quantitative estimate of drug-likeness (QED) is 0.157. The van der Waals surface area contributed by atoms with Gasteiger partial charge in [0.15, 0.2) is 0 Å². The Morgan fingerprint density at radius 3 is 2.00 bits per heavy atom. The minimum atomic E-state index is -0.274. The summed E-state index contributed by atoms with van der Waals surface area (Å²) in [6.45, 7) is 21.9. The van der Waals surface area contributed by atoms with Crippen LogP contribution in [0.25, 0.3) is 76.0 Å². The number of aromatic nitrogens is 1. The highest BCUT2D eigenvalue weighted by atomic mass is 32.1. The first kappa shape index (κ1) is 39.8. The zero-order valence-electron chi connectivity index (χ0n) is 40.2. The molecule has 0 saturated carbocycles. The van der Waals surface area contributed by atoms with Crippen LogP contribution >= 0.6 is 11.3 Å². The number of benzene rings is 8. The second-order valence-electron chi connectivity index (χ2n) is 23.1. The Bertz CT molecular complexity index is 3830. The molecule has 2 aliphatic carbocycles. The maximum Gasteiger partial charge on any atom is 0.343 e. The van der Waals surface area contributed by atoms with Gasteiger partial charge in [0.05, 0.1) is 11.4 Å². The van der Waals surface area contributed by atoms with Crippen molar-refractivity contribution in [2.24, 2.45) is 0 Å². The van der Waals surface area contributed by atoms with Crippen LogP contribution in [0.1, 0.15) is 103 Å². The predicted octanol–water partition coefficient (Wildman–Crippen LogP) is 16.2. The van der Waals surface area contributed by atoms with Crippen molar-refractivity contribution >= 4 is 88.2 Å². The van der Waals surface area contributed by atoms with E-state index in [0.717, 1.165) is 0 Å². The summed E-state index contributed by atoms with van der Waals surface area (Å²) in [5, 5.41) is 6.63. The highest BCUT2D eigenvalue weighted by molar-refractivity contribution is 7.32. The molecule has 326 valence electrons. The van der Waals surface area contributed by atoms with E-state index in [-0.39, 0.29) is 28.5 Å². The van der Waals surface area contributed by atoms with Gasteiger partial charge < -0.3 is 9.38 Å². The van der Waals surface area contributed by atoms with Gasteiger partial charge in [-0.15, -0.1) is 11.3 Å². The summed E-state index contributed by atoms with van der Waals surface area (Å²) in [4.78, 5) is 2.81. The number of rotatable bonds is 2. The van der Waals surface area contributed by atoms with Crippen molar-refractivity contribution in [1.82, 2.24) is 4.48 Å². The third kappa shape index (κ3) is 5.13. The third-order valence-electron chi connectivity index (χ3n) is 16.9. The van der Waals surface area contributed by atoms with Gasteiger partial charge in [-0.25, -0.2) is 0 Å². The second kappa shape index (κ2) is 13.0. The van der Waals surface area contributed by atoms with Gasteiger partial charge in [-0.05, 0) is 120 Å². The molecule has 0 atom stereocenters.